The summed E-state index contributed by atoms with van der Waals surface area (Å²) in [5, 5.41) is 4.44. The van der Waals surface area contributed by atoms with Crippen LogP contribution in [0.3, 0.4) is 0 Å². The number of amides is 1. The molecule has 1 amide bonds. The van der Waals surface area contributed by atoms with E-state index in [-0.39, 0.29) is 11.7 Å². The van der Waals surface area contributed by atoms with Gasteiger partial charge in [0.25, 0.3) is 5.91 Å². The standard InChI is InChI=1S/C23H22FN3O3/c1-26-21-16-8-7-15(24)13-20(16)30-23(18(21)14-25-26)9-11-27(12-10-23)22(28)17-5-3-4-6-19(17)29-2/h3-8,13-14H,9-12H2,1-2H3. The summed E-state index contributed by atoms with van der Waals surface area (Å²) in [5.74, 6) is 0.695. The third-order valence-corrected chi connectivity index (χ3v) is 6.13. The summed E-state index contributed by atoms with van der Waals surface area (Å²) in [6.07, 6.45) is 3.03. The number of likely N-dealkylation sites (tertiary alicyclic amines) is 1. The molecule has 1 fully saturated rings. The zero-order chi connectivity index (χ0) is 20.9. The Morgan fingerprint density at radius 2 is 1.97 bits per heavy atom. The van der Waals surface area contributed by atoms with Crippen LogP contribution in [-0.4, -0.2) is 40.8 Å². The summed E-state index contributed by atoms with van der Waals surface area (Å²) in [6, 6.07) is 11.8. The maximum Gasteiger partial charge on any atom is 0.257 e. The zero-order valence-corrected chi connectivity index (χ0v) is 16.9. The molecule has 0 bridgehead atoms. The number of para-hydroxylation sites is 1. The van der Waals surface area contributed by atoms with Crippen molar-refractivity contribution in [1.82, 2.24) is 14.7 Å². The molecule has 7 heteroatoms. The van der Waals surface area contributed by atoms with Crippen LogP contribution in [0.5, 0.6) is 11.5 Å². The summed E-state index contributed by atoms with van der Waals surface area (Å²) >= 11 is 0. The maximum atomic E-state index is 13.9. The van der Waals surface area contributed by atoms with Crippen molar-refractivity contribution < 1.29 is 18.7 Å². The Morgan fingerprint density at radius 3 is 2.73 bits per heavy atom. The first-order valence-electron chi connectivity index (χ1n) is 9.96. The molecular weight excluding hydrogens is 385 g/mol. The van der Waals surface area contributed by atoms with E-state index >= 15 is 0 Å². The number of fused-ring (bicyclic) bond motifs is 4. The lowest BCUT2D eigenvalue weighted by molar-refractivity contribution is -0.00197. The molecule has 1 aromatic heterocycles. The number of carbonyl (C=O) groups excluding carboxylic acids is 1. The molecule has 5 rings (SSSR count). The Kier molecular flexibility index (Phi) is 4.27. The molecule has 1 spiro atoms. The third-order valence-electron chi connectivity index (χ3n) is 6.13. The van der Waals surface area contributed by atoms with Crippen molar-refractivity contribution in [2.24, 2.45) is 7.05 Å². The van der Waals surface area contributed by atoms with Crippen LogP contribution in [0.2, 0.25) is 0 Å². The second kappa shape index (κ2) is 6.86. The molecular formula is C23H22FN3O3. The van der Waals surface area contributed by atoms with E-state index in [0.717, 1.165) is 16.8 Å². The van der Waals surface area contributed by atoms with Crippen LogP contribution in [0, 0.1) is 5.82 Å². The van der Waals surface area contributed by atoms with E-state index in [2.05, 4.69) is 5.10 Å². The highest BCUT2D eigenvalue weighted by atomic mass is 19.1. The molecule has 0 unspecified atom stereocenters. The van der Waals surface area contributed by atoms with Crippen molar-refractivity contribution >= 4 is 5.91 Å². The van der Waals surface area contributed by atoms with E-state index < -0.39 is 5.60 Å². The van der Waals surface area contributed by atoms with Crippen LogP contribution in [0.25, 0.3) is 11.3 Å². The lowest BCUT2D eigenvalue weighted by atomic mass is 9.81. The normalized spacial score (nSPS) is 16.6. The first kappa shape index (κ1) is 18.7. The molecule has 0 atom stereocenters. The van der Waals surface area contributed by atoms with Gasteiger partial charge >= 0.3 is 0 Å². The Morgan fingerprint density at radius 1 is 1.20 bits per heavy atom. The fourth-order valence-corrected chi connectivity index (χ4v) is 4.57. The molecule has 0 radical (unpaired) electrons. The highest BCUT2D eigenvalue weighted by Gasteiger charge is 2.46. The van der Waals surface area contributed by atoms with Gasteiger partial charge in [0.05, 0.1) is 24.6 Å². The first-order valence-corrected chi connectivity index (χ1v) is 9.96. The van der Waals surface area contributed by atoms with Gasteiger partial charge in [-0.05, 0) is 24.3 Å². The molecule has 2 aliphatic rings. The highest BCUT2D eigenvalue weighted by molar-refractivity contribution is 5.97. The molecule has 0 N–H and O–H groups in total. The van der Waals surface area contributed by atoms with Gasteiger partial charge in [-0.1, -0.05) is 12.1 Å². The Labute approximate surface area is 173 Å². The van der Waals surface area contributed by atoms with Gasteiger partial charge in [-0.3, -0.25) is 9.48 Å². The van der Waals surface area contributed by atoms with Crippen LogP contribution in [0.4, 0.5) is 4.39 Å². The first-order chi connectivity index (χ1) is 14.5. The predicted molar refractivity (Wildman–Crippen MR) is 109 cm³/mol. The predicted octanol–water partition coefficient (Wildman–Crippen LogP) is 3.76. The Hall–Kier alpha value is -3.35. The molecule has 6 nitrogen and oxygen atoms in total. The Balaban J connectivity index is 1.45. The molecule has 30 heavy (non-hydrogen) atoms. The van der Waals surface area contributed by atoms with Crippen LogP contribution in [0.1, 0.15) is 28.8 Å². The number of methoxy groups -OCH3 is 1. The molecule has 2 aliphatic heterocycles. The topological polar surface area (TPSA) is 56.6 Å². The molecule has 3 heterocycles. The van der Waals surface area contributed by atoms with Gasteiger partial charge in [-0.15, -0.1) is 0 Å². The average molecular weight is 407 g/mol. The summed E-state index contributed by atoms with van der Waals surface area (Å²) in [4.78, 5) is 14.9. The number of rotatable bonds is 2. The molecule has 2 aromatic carbocycles. The van der Waals surface area contributed by atoms with Crippen molar-refractivity contribution in [3.63, 3.8) is 0 Å². The lowest BCUT2D eigenvalue weighted by Gasteiger charge is -2.44. The number of piperidine rings is 1. The number of carbonyl (C=O) groups is 1. The number of nitrogens with zero attached hydrogens (tertiary/aromatic N) is 3. The SMILES string of the molecule is COc1ccccc1C(=O)N1CCC2(CC1)Oc1cc(F)ccc1-c1c2cnn1C. The molecule has 3 aromatic rings. The van der Waals surface area contributed by atoms with Gasteiger partial charge in [0.1, 0.15) is 22.9 Å². The van der Waals surface area contributed by atoms with Crippen LogP contribution < -0.4 is 9.47 Å². The van der Waals surface area contributed by atoms with E-state index in [0.29, 0.717) is 43.0 Å². The smallest absolute Gasteiger partial charge is 0.257 e. The lowest BCUT2D eigenvalue weighted by Crippen LogP contribution is -2.49. The summed E-state index contributed by atoms with van der Waals surface area (Å²) < 4.78 is 27.5. The van der Waals surface area contributed by atoms with Crippen molar-refractivity contribution in [3.8, 4) is 22.8 Å². The number of aryl methyl sites for hydroxylation is 1. The van der Waals surface area contributed by atoms with E-state index in [9.17, 15) is 9.18 Å². The summed E-state index contributed by atoms with van der Waals surface area (Å²) in [5.41, 5.74) is 2.70. The van der Waals surface area contributed by atoms with Crippen LogP contribution >= 0.6 is 0 Å². The van der Waals surface area contributed by atoms with Gasteiger partial charge in [-0.25, -0.2) is 4.39 Å². The molecule has 154 valence electrons. The number of hydrogen-bond donors (Lipinski definition) is 0. The fourth-order valence-electron chi connectivity index (χ4n) is 4.57. The Bertz CT molecular complexity index is 1130. The quantitative estimate of drug-likeness (QED) is 0.649. The third kappa shape index (κ3) is 2.76. The van der Waals surface area contributed by atoms with Crippen molar-refractivity contribution in [3.05, 3.63) is 65.6 Å². The van der Waals surface area contributed by atoms with Crippen LogP contribution in [-0.2, 0) is 12.6 Å². The molecule has 0 saturated carbocycles. The fraction of sp³-hybridized carbons (Fsp3) is 0.304. The second-order valence-corrected chi connectivity index (χ2v) is 7.76. The number of benzene rings is 2. The van der Waals surface area contributed by atoms with Gasteiger partial charge in [-0.2, -0.15) is 5.10 Å². The average Bonchev–Trinajstić information content (AvgIpc) is 3.16. The zero-order valence-electron chi connectivity index (χ0n) is 16.9. The summed E-state index contributed by atoms with van der Waals surface area (Å²) in [7, 11) is 3.44. The van der Waals surface area contributed by atoms with E-state index in [1.54, 1.807) is 25.3 Å². The maximum absolute atomic E-state index is 13.9. The number of aromatic nitrogens is 2. The second-order valence-electron chi connectivity index (χ2n) is 7.76. The van der Waals surface area contributed by atoms with Gasteiger partial charge < -0.3 is 14.4 Å². The van der Waals surface area contributed by atoms with Crippen molar-refractivity contribution in [2.75, 3.05) is 20.2 Å². The van der Waals surface area contributed by atoms with Gasteiger partial charge in [0.2, 0.25) is 0 Å². The van der Waals surface area contributed by atoms with E-state index in [4.69, 9.17) is 9.47 Å². The summed E-state index contributed by atoms with van der Waals surface area (Å²) in [6.45, 7) is 1.05. The number of hydrogen-bond acceptors (Lipinski definition) is 4. The minimum atomic E-state index is -0.623. The van der Waals surface area contributed by atoms with E-state index in [1.807, 2.05) is 35.0 Å². The van der Waals surface area contributed by atoms with Crippen molar-refractivity contribution in [2.45, 2.75) is 18.4 Å². The minimum Gasteiger partial charge on any atom is -0.496 e. The molecule has 1 saturated heterocycles. The van der Waals surface area contributed by atoms with Crippen molar-refractivity contribution in [1.29, 1.82) is 0 Å². The monoisotopic (exact) mass is 407 g/mol. The van der Waals surface area contributed by atoms with Gasteiger partial charge in [0.15, 0.2) is 0 Å². The number of halogens is 1. The number of ether oxygens (including phenoxy) is 2. The molecule has 0 aliphatic carbocycles. The largest absolute Gasteiger partial charge is 0.496 e. The van der Waals surface area contributed by atoms with E-state index in [1.165, 1.54) is 12.1 Å². The van der Waals surface area contributed by atoms with Crippen LogP contribution in [0.15, 0.2) is 48.7 Å². The van der Waals surface area contributed by atoms with Gasteiger partial charge in [0, 0.05) is 50.2 Å². The minimum absolute atomic E-state index is 0.0593. The highest BCUT2D eigenvalue weighted by Crippen LogP contribution is 2.49.